The lowest BCUT2D eigenvalue weighted by Gasteiger charge is -2.70. The van der Waals surface area contributed by atoms with Crippen molar-refractivity contribution in [1.82, 2.24) is 0 Å². The largest absolute Gasteiger partial charge is 0.519 e. The molecule has 10 atom stereocenters. The number of carboxylic acid groups (broad SMARTS) is 1. The van der Waals surface area contributed by atoms with E-state index in [0.717, 1.165) is 38.5 Å². The molecule has 1 heterocycles. The van der Waals surface area contributed by atoms with E-state index in [-0.39, 0.29) is 69.4 Å². The molecular weight excluding hydrogens is 602 g/mol. The first-order chi connectivity index (χ1) is 21.9. The molecule has 1 aromatic heterocycles. The monoisotopic (exact) mass is 653 g/mol. The molecule has 2 unspecified atom stereocenters. The number of hydrogen-bond donors (Lipinski definition) is 1. The Balaban J connectivity index is 1.33. The summed E-state index contributed by atoms with van der Waals surface area (Å²) in [5.41, 5.74) is -1.18. The third kappa shape index (κ3) is 4.85. The molecule has 1 amide bonds. The maximum absolute atomic E-state index is 14.7. The number of carboxylic acids is 1. The number of aliphatic carboxylic acids is 1. The molecular formula is C37H51NO9. The number of methoxy groups -OCH3 is 1. The normalized spacial score (nSPS) is 44.5. The van der Waals surface area contributed by atoms with Crippen LogP contribution in [-0.2, 0) is 25.7 Å². The highest BCUT2D eigenvalue weighted by atomic mass is 16.6. The topological polar surface area (TPSA) is 146 Å². The van der Waals surface area contributed by atoms with Crippen LogP contribution < -0.4 is 5.82 Å². The third-order valence-corrected chi connectivity index (χ3v) is 14.6. The highest BCUT2D eigenvalue weighted by Crippen LogP contribution is 2.75. The highest BCUT2D eigenvalue weighted by Gasteiger charge is 2.70. The number of aryl methyl sites for hydroxylation is 1. The summed E-state index contributed by atoms with van der Waals surface area (Å²) < 4.78 is 21.1. The summed E-state index contributed by atoms with van der Waals surface area (Å²) in [6.07, 6.45) is 9.91. The second kappa shape index (κ2) is 11.0. The number of amides is 1. The quantitative estimate of drug-likeness (QED) is 0.323. The van der Waals surface area contributed by atoms with Crippen molar-refractivity contribution in [1.29, 1.82) is 0 Å². The maximum Gasteiger partial charge on any atom is 0.519 e. The SMILES string of the molecule is CO[C@H]1CC[C@@]2(C)C(CC[C@]3(C)C2C(=O)C=C2[C@@H]4C[C@@](C)(C(=O)O)CC[C@]4(C)CC[C@]23C)[C@]1(C)C=NC(=O)OCc1oc(=O)oc1C. The van der Waals surface area contributed by atoms with Crippen molar-refractivity contribution in [2.24, 2.45) is 55.2 Å². The Labute approximate surface area is 276 Å². The summed E-state index contributed by atoms with van der Waals surface area (Å²) in [7, 11) is 1.68. The number of rotatable bonds is 5. The predicted molar refractivity (Wildman–Crippen MR) is 173 cm³/mol. The van der Waals surface area contributed by atoms with E-state index in [1.165, 1.54) is 5.57 Å². The molecule has 0 aromatic carbocycles. The minimum absolute atomic E-state index is 0.00721. The van der Waals surface area contributed by atoms with Gasteiger partial charge in [0.05, 0.1) is 11.5 Å². The lowest BCUT2D eigenvalue weighted by molar-refractivity contribution is -0.195. The van der Waals surface area contributed by atoms with Gasteiger partial charge in [-0.2, -0.15) is 4.99 Å². The maximum atomic E-state index is 14.7. The molecule has 4 saturated carbocycles. The number of hydrogen-bond acceptors (Lipinski definition) is 8. The Hall–Kier alpha value is -3.01. The van der Waals surface area contributed by atoms with E-state index in [1.54, 1.807) is 20.2 Å². The van der Waals surface area contributed by atoms with Gasteiger partial charge in [0.15, 0.2) is 23.9 Å². The molecule has 10 heteroatoms. The molecule has 47 heavy (non-hydrogen) atoms. The second-order valence-electron chi connectivity index (χ2n) is 16.9. The lowest BCUT2D eigenvalue weighted by atomic mass is 9.33. The van der Waals surface area contributed by atoms with Gasteiger partial charge >= 0.3 is 17.9 Å². The van der Waals surface area contributed by atoms with Crippen LogP contribution in [0.4, 0.5) is 4.79 Å². The first-order valence-corrected chi connectivity index (χ1v) is 17.2. The van der Waals surface area contributed by atoms with E-state index < -0.39 is 28.7 Å². The Kier molecular flexibility index (Phi) is 7.93. The van der Waals surface area contributed by atoms with Crippen molar-refractivity contribution in [3.8, 4) is 0 Å². The number of fused-ring (bicyclic) bond motifs is 7. The first-order valence-electron chi connectivity index (χ1n) is 17.2. The van der Waals surface area contributed by atoms with Gasteiger partial charge in [0.2, 0.25) is 0 Å². The van der Waals surface area contributed by atoms with Crippen molar-refractivity contribution in [2.45, 2.75) is 119 Å². The van der Waals surface area contributed by atoms with Crippen LogP contribution in [0.1, 0.15) is 111 Å². The zero-order valence-electron chi connectivity index (χ0n) is 29.2. The molecule has 258 valence electrons. The fourth-order valence-electron chi connectivity index (χ4n) is 11.5. The van der Waals surface area contributed by atoms with Gasteiger partial charge in [-0.15, -0.1) is 0 Å². The third-order valence-electron chi connectivity index (χ3n) is 14.6. The number of ketones is 1. The molecule has 5 aliphatic carbocycles. The Bertz CT molecular complexity index is 1600. The van der Waals surface area contributed by atoms with Crippen LogP contribution in [0, 0.1) is 57.2 Å². The van der Waals surface area contributed by atoms with Crippen LogP contribution in [0.3, 0.4) is 0 Å². The number of allylic oxidation sites excluding steroid dienone is 2. The van der Waals surface area contributed by atoms with E-state index in [4.69, 9.17) is 18.3 Å². The number of aliphatic imine (C=N–C) groups is 1. The molecule has 0 radical (unpaired) electrons. The van der Waals surface area contributed by atoms with E-state index in [9.17, 15) is 24.3 Å². The number of nitrogens with zero attached hydrogens (tertiary/aromatic N) is 1. The zero-order chi connectivity index (χ0) is 34.4. The van der Waals surface area contributed by atoms with Crippen molar-refractivity contribution in [3.63, 3.8) is 0 Å². The minimum Gasteiger partial charge on any atom is -0.481 e. The van der Waals surface area contributed by atoms with E-state index >= 15 is 0 Å². The summed E-state index contributed by atoms with van der Waals surface area (Å²) in [6, 6.07) is 0. The molecule has 10 nitrogen and oxygen atoms in total. The molecule has 5 aliphatic rings. The Morgan fingerprint density at radius 3 is 2.34 bits per heavy atom. The van der Waals surface area contributed by atoms with Gasteiger partial charge in [-0.1, -0.05) is 40.2 Å². The second-order valence-corrected chi connectivity index (χ2v) is 16.9. The van der Waals surface area contributed by atoms with Crippen molar-refractivity contribution in [3.05, 3.63) is 33.8 Å². The molecule has 0 bridgehead atoms. The molecule has 4 fully saturated rings. The highest BCUT2D eigenvalue weighted by molar-refractivity contribution is 5.96. The summed E-state index contributed by atoms with van der Waals surface area (Å²) >= 11 is 0. The predicted octanol–water partition coefficient (Wildman–Crippen LogP) is 7.31. The summed E-state index contributed by atoms with van der Waals surface area (Å²) in [6.45, 7) is 14.5. The molecule has 1 N–H and O–H groups in total. The van der Waals surface area contributed by atoms with Crippen molar-refractivity contribution >= 4 is 24.1 Å². The van der Waals surface area contributed by atoms with Crippen LogP contribution in [-0.4, -0.2) is 42.4 Å². The van der Waals surface area contributed by atoms with Gasteiger partial charge in [-0.25, -0.2) is 9.59 Å². The van der Waals surface area contributed by atoms with E-state index in [1.807, 2.05) is 13.0 Å². The van der Waals surface area contributed by atoms with Crippen LogP contribution in [0.15, 0.2) is 30.3 Å². The van der Waals surface area contributed by atoms with Gasteiger partial charge < -0.3 is 23.4 Å². The van der Waals surface area contributed by atoms with Gasteiger partial charge in [0.1, 0.15) is 0 Å². The zero-order valence-corrected chi connectivity index (χ0v) is 29.2. The van der Waals surface area contributed by atoms with Crippen LogP contribution >= 0.6 is 0 Å². The number of carbonyl (C=O) groups is 3. The van der Waals surface area contributed by atoms with Crippen molar-refractivity contribution < 1.29 is 37.8 Å². The average Bonchev–Trinajstić information content (AvgIpc) is 3.33. The first kappa shape index (κ1) is 33.9. The minimum atomic E-state index is -0.855. The van der Waals surface area contributed by atoms with Gasteiger partial charge in [0, 0.05) is 24.7 Å². The number of carbonyl (C=O) groups excluding carboxylic acids is 2. The Morgan fingerprint density at radius 1 is 1.00 bits per heavy atom. The van der Waals surface area contributed by atoms with Gasteiger partial charge in [0.25, 0.3) is 0 Å². The van der Waals surface area contributed by atoms with Crippen molar-refractivity contribution in [2.75, 3.05) is 7.11 Å². The molecule has 1 aromatic rings. The lowest BCUT2D eigenvalue weighted by Crippen LogP contribution is -2.67. The standard InChI is InChI=1S/C37H51NO9/c1-21-25(47-31(43)46-21)19-45-30(42)38-20-35(5)26-9-12-37(7)28(34(26,4)11-10-27(35)44-8)24(39)17-22-23-18-33(3,29(40)41)14-13-32(23,2)15-16-36(22,37)6/h17,20,23,26-28H,9-16,18-19H2,1-8H3,(H,40,41)/t23-,26?,27-,28?,32+,33-,34-,35-,36+,37+/m0/s1. The summed E-state index contributed by atoms with van der Waals surface area (Å²) in [5.74, 6) is -1.21. The van der Waals surface area contributed by atoms with Crippen LogP contribution in [0.25, 0.3) is 0 Å². The fourth-order valence-corrected chi connectivity index (χ4v) is 11.5. The smallest absolute Gasteiger partial charge is 0.481 e. The van der Waals surface area contributed by atoms with E-state index in [0.29, 0.717) is 19.3 Å². The van der Waals surface area contributed by atoms with Gasteiger partial charge in [-0.05, 0) is 111 Å². The Morgan fingerprint density at radius 2 is 1.70 bits per heavy atom. The molecule has 0 aliphatic heterocycles. The molecule has 6 rings (SSSR count). The fraction of sp³-hybridized carbons (Fsp3) is 0.757. The average molecular weight is 654 g/mol. The van der Waals surface area contributed by atoms with E-state index in [2.05, 4.69) is 39.6 Å². The molecule has 0 spiro atoms. The summed E-state index contributed by atoms with van der Waals surface area (Å²) in [4.78, 5) is 55.5. The van der Waals surface area contributed by atoms with Gasteiger partial charge in [-0.3, -0.25) is 9.59 Å². The molecule has 0 saturated heterocycles. The van der Waals surface area contributed by atoms with Crippen LogP contribution in [0.5, 0.6) is 0 Å². The van der Waals surface area contributed by atoms with Crippen LogP contribution in [0.2, 0.25) is 0 Å². The summed E-state index contributed by atoms with van der Waals surface area (Å²) in [5, 5.41) is 10.2. The number of ether oxygens (including phenoxy) is 2.